The Balaban J connectivity index is 1.33. The number of hydrogen-bond acceptors (Lipinski definition) is 6. The van der Waals surface area contributed by atoms with E-state index < -0.39 is 11.8 Å². The number of rotatable bonds is 6. The number of nitrogens with one attached hydrogen (secondary N) is 2. The van der Waals surface area contributed by atoms with Crippen LogP contribution < -0.4 is 10.9 Å². The molecule has 0 aliphatic carbocycles. The zero-order valence-electron chi connectivity index (χ0n) is 20.9. The number of carbonyl (C=O) groups is 2. The Morgan fingerprint density at radius 3 is 1.43 bits per heavy atom. The van der Waals surface area contributed by atoms with E-state index in [1.54, 1.807) is 19.2 Å². The molecule has 0 spiro atoms. The lowest BCUT2D eigenvalue weighted by Crippen LogP contribution is -2.18. The fraction of sp³-hybridized carbons (Fsp3) is 0.0345. The third-order valence-corrected chi connectivity index (χ3v) is 7.17. The van der Waals surface area contributed by atoms with Crippen molar-refractivity contribution in [3.05, 3.63) is 105 Å². The molecule has 5 rings (SSSR count). The second kappa shape index (κ2) is 11.1. The lowest BCUT2D eigenvalue weighted by Gasteiger charge is -2.06. The van der Waals surface area contributed by atoms with Crippen molar-refractivity contribution >= 4 is 69.0 Å². The third kappa shape index (κ3) is 5.20. The highest BCUT2D eigenvalue weighted by molar-refractivity contribution is 6.38. The Labute approximate surface area is 238 Å². The summed E-state index contributed by atoms with van der Waals surface area (Å²) in [5.74, 6) is -1.63. The van der Waals surface area contributed by atoms with Gasteiger partial charge in [-0.1, -0.05) is 71.7 Å². The average molecular weight is 574 g/mol. The van der Waals surface area contributed by atoms with Crippen LogP contribution in [-0.4, -0.2) is 39.0 Å². The molecule has 0 unspecified atom stereocenters. The predicted molar refractivity (Wildman–Crippen MR) is 157 cm³/mol. The zero-order chi connectivity index (χ0) is 28.4. The van der Waals surface area contributed by atoms with Crippen LogP contribution in [0.5, 0.6) is 11.5 Å². The summed E-state index contributed by atoms with van der Waals surface area (Å²) >= 11 is 12.8. The maximum atomic E-state index is 12.7. The van der Waals surface area contributed by atoms with Crippen molar-refractivity contribution < 1.29 is 19.8 Å². The number of phenolic OH excluding ortho intramolecular Hbond substituents is 2. The minimum atomic E-state index is -0.629. The third-order valence-electron chi connectivity index (χ3n) is 6.26. The van der Waals surface area contributed by atoms with Gasteiger partial charge in [0.1, 0.15) is 21.8 Å². The van der Waals surface area contributed by atoms with Crippen molar-refractivity contribution in [3.63, 3.8) is 0 Å². The number of halogens is 2. The number of hydrogen-bond donors (Lipinski definition) is 4. The maximum Gasteiger partial charge on any atom is 0.275 e. The van der Waals surface area contributed by atoms with Crippen molar-refractivity contribution in [1.82, 2.24) is 15.4 Å². The Kier molecular flexibility index (Phi) is 7.41. The molecule has 0 radical (unpaired) electrons. The summed E-state index contributed by atoms with van der Waals surface area (Å²) in [7, 11) is 1.62. The molecule has 0 fully saturated rings. The molecule has 0 atom stereocenters. The molecule has 4 N–H and O–H groups in total. The quantitative estimate of drug-likeness (QED) is 0.156. The number of benzene rings is 4. The van der Waals surface area contributed by atoms with Crippen LogP contribution in [0.3, 0.4) is 0 Å². The number of hydrazone groups is 2. The van der Waals surface area contributed by atoms with Crippen LogP contribution in [0.15, 0.2) is 83.0 Å². The van der Waals surface area contributed by atoms with E-state index in [0.29, 0.717) is 11.1 Å². The van der Waals surface area contributed by atoms with E-state index in [0.717, 1.165) is 21.5 Å². The Bertz CT molecular complexity index is 1730. The molecule has 200 valence electrons. The Hall–Kier alpha value is -4.86. The van der Waals surface area contributed by atoms with Crippen LogP contribution in [0.25, 0.3) is 21.5 Å². The number of aromatic nitrogens is 1. The van der Waals surface area contributed by atoms with Gasteiger partial charge in [0.2, 0.25) is 0 Å². The molecule has 9 nitrogen and oxygen atoms in total. The van der Waals surface area contributed by atoms with Crippen LogP contribution in [0.2, 0.25) is 10.3 Å². The van der Waals surface area contributed by atoms with E-state index in [1.807, 2.05) is 48.5 Å². The minimum absolute atomic E-state index is 0.0504. The van der Waals surface area contributed by atoms with E-state index in [2.05, 4.69) is 21.1 Å². The molecule has 40 heavy (non-hydrogen) atoms. The van der Waals surface area contributed by atoms with Crippen LogP contribution in [0.1, 0.15) is 31.8 Å². The van der Waals surface area contributed by atoms with Crippen molar-refractivity contribution in [3.8, 4) is 11.5 Å². The monoisotopic (exact) mass is 573 g/mol. The van der Waals surface area contributed by atoms with Crippen molar-refractivity contribution in [1.29, 1.82) is 0 Å². The summed E-state index contributed by atoms with van der Waals surface area (Å²) in [6.07, 6.45) is 2.56. The number of aromatic hydroxyl groups is 2. The molecule has 0 saturated heterocycles. The molecule has 0 aliphatic heterocycles. The fourth-order valence-electron chi connectivity index (χ4n) is 4.17. The summed E-state index contributed by atoms with van der Waals surface area (Å²) in [5, 5.41) is 32.1. The molecule has 0 saturated carbocycles. The lowest BCUT2D eigenvalue weighted by molar-refractivity contribution is 0.0944. The SMILES string of the molecule is Cn1c(Cl)c(C=NNC(=O)c2cc3ccccc3cc2O)c(C=NNC(=O)c2cc3ccccc3cc2O)c1Cl. The molecule has 0 bridgehead atoms. The number of carbonyl (C=O) groups excluding carboxylic acids is 2. The van der Waals surface area contributed by atoms with E-state index in [1.165, 1.54) is 29.1 Å². The van der Waals surface area contributed by atoms with E-state index in [9.17, 15) is 19.8 Å². The summed E-state index contributed by atoms with van der Waals surface area (Å²) in [6.45, 7) is 0. The summed E-state index contributed by atoms with van der Waals surface area (Å²) < 4.78 is 1.47. The molecule has 2 amide bonds. The first kappa shape index (κ1) is 26.7. The van der Waals surface area contributed by atoms with E-state index in [4.69, 9.17) is 23.2 Å². The molecule has 5 aromatic rings. The van der Waals surface area contributed by atoms with Crippen LogP contribution in [0.4, 0.5) is 0 Å². The van der Waals surface area contributed by atoms with Crippen LogP contribution >= 0.6 is 23.2 Å². The first-order valence-electron chi connectivity index (χ1n) is 11.9. The molecule has 11 heteroatoms. The van der Waals surface area contributed by atoms with Crippen molar-refractivity contribution in [2.45, 2.75) is 0 Å². The topological polar surface area (TPSA) is 128 Å². The van der Waals surface area contributed by atoms with Crippen LogP contribution in [0, 0.1) is 0 Å². The van der Waals surface area contributed by atoms with Gasteiger partial charge in [0.05, 0.1) is 23.6 Å². The Morgan fingerprint density at radius 2 is 1.05 bits per heavy atom. The normalized spacial score (nSPS) is 11.6. The molecular weight excluding hydrogens is 553 g/mol. The summed E-state index contributed by atoms with van der Waals surface area (Å²) in [4.78, 5) is 25.4. The van der Waals surface area contributed by atoms with Gasteiger partial charge < -0.3 is 14.8 Å². The highest BCUT2D eigenvalue weighted by Gasteiger charge is 2.18. The predicted octanol–water partition coefficient (Wildman–Crippen LogP) is 5.58. The van der Waals surface area contributed by atoms with Gasteiger partial charge in [0, 0.05) is 18.2 Å². The molecule has 1 aromatic heterocycles. The molecular formula is C29H21Cl2N5O4. The van der Waals surface area contributed by atoms with Gasteiger partial charge in [0.15, 0.2) is 0 Å². The fourth-order valence-corrected chi connectivity index (χ4v) is 4.68. The summed E-state index contributed by atoms with van der Waals surface area (Å²) in [5.41, 5.74) is 5.49. The van der Waals surface area contributed by atoms with Crippen molar-refractivity contribution in [2.24, 2.45) is 17.3 Å². The van der Waals surface area contributed by atoms with Gasteiger partial charge in [-0.15, -0.1) is 0 Å². The molecule has 0 aliphatic rings. The highest BCUT2D eigenvalue weighted by Crippen LogP contribution is 2.29. The van der Waals surface area contributed by atoms with E-state index in [-0.39, 0.29) is 32.9 Å². The van der Waals surface area contributed by atoms with Crippen molar-refractivity contribution in [2.75, 3.05) is 0 Å². The summed E-state index contributed by atoms with van der Waals surface area (Å²) in [6, 6.07) is 20.8. The number of amides is 2. The smallest absolute Gasteiger partial charge is 0.275 e. The average Bonchev–Trinajstić information content (AvgIpc) is 3.15. The van der Waals surface area contributed by atoms with Gasteiger partial charge in [-0.3, -0.25) is 9.59 Å². The number of phenols is 2. The lowest BCUT2D eigenvalue weighted by atomic mass is 10.1. The van der Waals surface area contributed by atoms with Gasteiger partial charge in [-0.05, 0) is 45.8 Å². The number of fused-ring (bicyclic) bond motifs is 2. The number of nitrogens with zero attached hydrogens (tertiary/aromatic N) is 3. The largest absolute Gasteiger partial charge is 0.507 e. The van der Waals surface area contributed by atoms with E-state index >= 15 is 0 Å². The first-order valence-corrected chi connectivity index (χ1v) is 12.6. The first-order chi connectivity index (χ1) is 19.2. The van der Waals surface area contributed by atoms with Gasteiger partial charge in [-0.2, -0.15) is 10.2 Å². The molecule has 4 aromatic carbocycles. The van der Waals surface area contributed by atoms with Crippen LogP contribution in [-0.2, 0) is 7.05 Å². The van der Waals surface area contributed by atoms with Gasteiger partial charge >= 0.3 is 0 Å². The zero-order valence-corrected chi connectivity index (χ0v) is 22.4. The highest BCUT2D eigenvalue weighted by atomic mass is 35.5. The second-order valence-electron chi connectivity index (χ2n) is 8.80. The van der Waals surface area contributed by atoms with Gasteiger partial charge in [0.25, 0.3) is 11.8 Å². The molecule has 1 heterocycles. The van der Waals surface area contributed by atoms with Gasteiger partial charge in [-0.25, -0.2) is 10.9 Å². The second-order valence-corrected chi connectivity index (χ2v) is 9.52. The minimum Gasteiger partial charge on any atom is -0.507 e. The standard InChI is InChI=1S/C29H21Cl2N5O4/c1-36-26(30)22(14-32-34-28(39)20-10-16-6-2-4-8-18(16)12-24(20)37)23(27(36)31)15-33-35-29(40)21-11-17-7-3-5-9-19(17)13-25(21)38/h2-15,37-38H,1H3,(H,34,39)(H,35,40). The maximum absolute atomic E-state index is 12.7. The Morgan fingerprint density at radius 1 is 0.700 bits per heavy atom.